The Labute approximate surface area is 121 Å². The van der Waals surface area contributed by atoms with E-state index in [1.165, 1.54) is 0 Å². The van der Waals surface area contributed by atoms with Gasteiger partial charge in [-0.25, -0.2) is 4.79 Å². The molecule has 1 atom stereocenters. The smallest absolute Gasteiger partial charge is 0.335 e. The lowest BCUT2D eigenvalue weighted by atomic mass is 9.97. The number of amides is 2. The molecule has 0 bridgehead atoms. The quantitative estimate of drug-likeness (QED) is 0.842. The van der Waals surface area contributed by atoms with Crippen molar-refractivity contribution < 1.29 is 19.5 Å². The summed E-state index contributed by atoms with van der Waals surface area (Å²) < 4.78 is 0. The number of fused-ring (bicyclic) bond motifs is 1. The fourth-order valence-electron chi connectivity index (χ4n) is 2.91. The molecule has 1 unspecified atom stereocenters. The number of carboxylic acids is 1. The summed E-state index contributed by atoms with van der Waals surface area (Å²) >= 11 is 0. The van der Waals surface area contributed by atoms with Gasteiger partial charge in [-0.2, -0.15) is 0 Å². The van der Waals surface area contributed by atoms with Crippen molar-refractivity contribution in [3.8, 4) is 0 Å². The summed E-state index contributed by atoms with van der Waals surface area (Å²) in [5.74, 6) is -1.27. The normalized spacial score (nSPS) is 20.9. The van der Waals surface area contributed by atoms with E-state index in [1.807, 2.05) is 0 Å². The summed E-state index contributed by atoms with van der Waals surface area (Å²) in [6.07, 6.45) is 1.65. The number of benzene rings is 1. The first-order valence-corrected chi connectivity index (χ1v) is 7.00. The molecule has 0 saturated carbocycles. The zero-order valence-corrected chi connectivity index (χ0v) is 11.5. The van der Waals surface area contributed by atoms with Gasteiger partial charge in [0.05, 0.1) is 11.5 Å². The van der Waals surface area contributed by atoms with E-state index in [9.17, 15) is 14.4 Å². The minimum atomic E-state index is -0.998. The Kier molecular flexibility index (Phi) is 3.37. The molecule has 3 rings (SSSR count). The summed E-state index contributed by atoms with van der Waals surface area (Å²) in [4.78, 5) is 36.5. The molecular weight excluding hydrogens is 272 g/mol. The maximum absolute atomic E-state index is 12.6. The number of piperidine rings is 1. The number of carbonyl (C=O) groups excluding carboxylic acids is 2. The van der Waals surface area contributed by atoms with Crippen LogP contribution in [-0.4, -0.2) is 36.0 Å². The second-order valence-corrected chi connectivity index (χ2v) is 5.43. The SMILES string of the molecule is O=C1CCC(C(=O)N2CCc3ccc(C(=O)O)cc32)CN1. The van der Waals surface area contributed by atoms with Crippen LogP contribution in [-0.2, 0) is 16.0 Å². The van der Waals surface area contributed by atoms with Crippen molar-refractivity contribution in [2.45, 2.75) is 19.3 Å². The highest BCUT2D eigenvalue weighted by molar-refractivity contribution is 5.99. The first-order chi connectivity index (χ1) is 10.1. The molecule has 1 fully saturated rings. The van der Waals surface area contributed by atoms with Crippen LogP contribution in [0.15, 0.2) is 18.2 Å². The van der Waals surface area contributed by atoms with Gasteiger partial charge in [0.1, 0.15) is 0 Å². The highest BCUT2D eigenvalue weighted by Gasteiger charge is 2.32. The van der Waals surface area contributed by atoms with E-state index >= 15 is 0 Å². The van der Waals surface area contributed by atoms with Gasteiger partial charge in [0.2, 0.25) is 11.8 Å². The van der Waals surface area contributed by atoms with Gasteiger partial charge in [-0.05, 0) is 30.5 Å². The fraction of sp³-hybridized carbons (Fsp3) is 0.400. The molecule has 2 amide bonds. The Bertz CT molecular complexity index is 616. The van der Waals surface area contributed by atoms with Crippen molar-refractivity contribution in [2.75, 3.05) is 18.0 Å². The fourth-order valence-corrected chi connectivity index (χ4v) is 2.91. The van der Waals surface area contributed by atoms with E-state index in [4.69, 9.17) is 5.11 Å². The number of rotatable bonds is 2. The Morgan fingerprint density at radius 2 is 2.10 bits per heavy atom. The topological polar surface area (TPSA) is 86.7 Å². The van der Waals surface area contributed by atoms with Gasteiger partial charge in [0.25, 0.3) is 0 Å². The number of carboxylic acid groups (broad SMARTS) is 1. The van der Waals surface area contributed by atoms with Gasteiger partial charge < -0.3 is 15.3 Å². The third-order valence-corrected chi connectivity index (χ3v) is 4.11. The van der Waals surface area contributed by atoms with Crippen molar-refractivity contribution in [1.82, 2.24) is 5.32 Å². The number of nitrogens with zero attached hydrogens (tertiary/aromatic N) is 1. The number of hydrogen-bond acceptors (Lipinski definition) is 3. The lowest BCUT2D eigenvalue weighted by molar-refractivity contribution is -0.127. The van der Waals surface area contributed by atoms with Gasteiger partial charge in [-0.15, -0.1) is 0 Å². The van der Waals surface area contributed by atoms with Crippen LogP contribution in [0.1, 0.15) is 28.8 Å². The molecule has 6 nitrogen and oxygen atoms in total. The van der Waals surface area contributed by atoms with Crippen LogP contribution in [0.4, 0.5) is 5.69 Å². The average Bonchev–Trinajstić information content (AvgIpc) is 2.90. The van der Waals surface area contributed by atoms with E-state index < -0.39 is 5.97 Å². The number of aromatic carboxylic acids is 1. The zero-order valence-electron chi connectivity index (χ0n) is 11.5. The molecule has 1 aromatic carbocycles. The van der Waals surface area contributed by atoms with Crippen LogP contribution in [0.25, 0.3) is 0 Å². The molecule has 0 radical (unpaired) electrons. The van der Waals surface area contributed by atoms with Gasteiger partial charge in [-0.1, -0.05) is 6.07 Å². The summed E-state index contributed by atoms with van der Waals surface area (Å²) in [5.41, 5.74) is 1.87. The van der Waals surface area contributed by atoms with Crippen molar-refractivity contribution in [1.29, 1.82) is 0 Å². The second-order valence-electron chi connectivity index (χ2n) is 5.43. The maximum atomic E-state index is 12.6. The third-order valence-electron chi connectivity index (χ3n) is 4.11. The highest BCUT2D eigenvalue weighted by atomic mass is 16.4. The molecule has 0 aliphatic carbocycles. The summed E-state index contributed by atoms with van der Waals surface area (Å²) in [6, 6.07) is 4.90. The Morgan fingerprint density at radius 3 is 2.76 bits per heavy atom. The van der Waals surface area contributed by atoms with Crippen LogP contribution < -0.4 is 10.2 Å². The van der Waals surface area contributed by atoms with Crippen LogP contribution in [0.2, 0.25) is 0 Å². The van der Waals surface area contributed by atoms with Crippen LogP contribution >= 0.6 is 0 Å². The van der Waals surface area contributed by atoms with Crippen molar-refractivity contribution in [2.24, 2.45) is 5.92 Å². The first-order valence-electron chi connectivity index (χ1n) is 7.00. The van der Waals surface area contributed by atoms with E-state index in [0.29, 0.717) is 31.6 Å². The predicted molar refractivity (Wildman–Crippen MR) is 75.2 cm³/mol. The molecule has 2 N–H and O–H groups in total. The number of anilines is 1. The van der Waals surface area contributed by atoms with Crippen molar-refractivity contribution in [3.63, 3.8) is 0 Å². The summed E-state index contributed by atoms with van der Waals surface area (Å²) in [5, 5.41) is 11.8. The second kappa shape index (κ2) is 5.20. The molecular formula is C15H16N2O4. The molecule has 1 saturated heterocycles. The molecule has 6 heteroatoms. The van der Waals surface area contributed by atoms with E-state index in [-0.39, 0.29) is 23.3 Å². The number of nitrogens with one attached hydrogen (secondary N) is 1. The lowest BCUT2D eigenvalue weighted by Gasteiger charge is -2.27. The van der Waals surface area contributed by atoms with E-state index in [1.54, 1.807) is 23.1 Å². The predicted octanol–water partition coefficient (Wildman–Crippen LogP) is 0.800. The Morgan fingerprint density at radius 1 is 1.29 bits per heavy atom. The standard InChI is InChI=1S/C15H16N2O4/c18-13-4-3-11(8-16-13)14(19)17-6-5-9-1-2-10(15(20)21)7-12(9)17/h1-2,7,11H,3-6,8H2,(H,16,18)(H,20,21). The highest BCUT2D eigenvalue weighted by Crippen LogP contribution is 2.31. The molecule has 2 aliphatic rings. The minimum Gasteiger partial charge on any atom is -0.478 e. The van der Waals surface area contributed by atoms with Crippen LogP contribution in [0, 0.1) is 5.92 Å². The van der Waals surface area contributed by atoms with Crippen molar-refractivity contribution in [3.05, 3.63) is 29.3 Å². The van der Waals surface area contributed by atoms with Crippen LogP contribution in [0.5, 0.6) is 0 Å². The number of carbonyl (C=O) groups is 3. The monoisotopic (exact) mass is 288 g/mol. The molecule has 21 heavy (non-hydrogen) atoms. The largest absolute Gasteiger partial charge is 0.478 e. The number of hydrogen-bond donors (Lipinski definition) is 2. The third kappa shape index (κ3) is 2.49. The molecule has 2 aliphatic heterocycles. The van der Waals surface area contributed by atoms with E-state index in [0.717, 1.165) is 12.0 Å². The zero-order chi connectivity index (χ0) is 15.0. The van der Waals surface area contributed by atoms with E-state index in [2.05, 4.69) is 5.32 Å². The first kappa shape index (κ1) is 13.6. The maximum Gasteiger partial charge on any atom is 0.335 e. The van der Waals surface area contributed by atoms with Gasteiger partial charge in [0.15, 0.2) is 0 Å². The van der Waals surface area contributed by atoms with Gasteiger partial charge >= 0.3 is 5.97 Å². The van der Waals surface area contributed by atoms with Gasteiger partial charge in [0, 0.05) is 25.2 Å². The molecule has 0 aromatic heterocycles. The van der Waals surface area contributed by atoms with Crippen molar-refractivity contribution >= 4 is 23.5 Å². The molecule has 0 spiro atoms. The summed E-state index contributed by atoms with van der Waals surface area (Å²) in [6.45, 7) is 0.934. The van der Waals surface area contributed by atoms with Crippen LogP contribution in [0.3, 0.4) is 0 Å². The molecule has 1 aromatic rings. The Hall–Kier alpha value is -2.37. The average molecular weight is 288 g/mol. The minimum absolute atomic E-state index is 0.0194. The lowest BCUT2D eigenvalue weighted by Crippen LogP contribution is -2.44. The van der Waals surface area contributed by atoms with Gasteiger partial charge in [-0.3, -0.25) is 9.59 Å². The summed E-state index contributed by atoms with van der Waals surface area (Å²) in [7, 11) is 0. The molecule has 110 valence electrons. The molecule has 2 heterocycles. The Balaban J connectivity index is 1.83.